The molecule has 9 heteroatoms. The van der Waals surface area contributed by atoms with Crippen LogP contribution in [0, 0.1) is 6.92 Å². The third kappa shape index (κ3) is 4.91. The number of aryl methyl sites for hydroxylation is 1. The van der Waals surface area contributed by atoms with Gasteiger partial charge in [-0.15, -0.1) is 0 Å². The number of amides is 3. The summed E-state index contributed by atoms with van der Waals surface area (Å²) < 4.78 is 3.06. The molecule has 7 nitrogen and oxygen atoms in total. The van der Waals surface area contributed by atoms with Gasteiger partial charge in [-0.3, -0.25) is 19.8 Å². The molecule has 0 saturated heterocycles. The van der Waals surface area contributed by atoms with Crippen LogP contribution < -0.4 is 16.1 Å². The minimum Gasteiger partial charge on any atom is -0.346 e. The minimum atomic E-state index is -0.863. The minimum absolute atomic E-state index is 0.191. The number of anilines is 1. The third-order valence-corrected chi connectivity index (χ3v) is 5.26. The van der Waals surface area contributed by atoms with Crippen molar-refractivity contribution in [3.8, 4) is 0 Å². The van der Waals surface area contributed by atoms with Gasteiger partial charge in [-0.25, -0.2) is 4.68 Å². The van der Waals surface area contributed by atoms with Crippen LogP contribution in [0.2, 0.25) is 0 Å². The average molecular weight is 536 g/mol. The van der Waals surface area contributed by atoms with Crippen LogP contribution in [0.15, 0.2) is 51.4 Å². The van der Waals surface area contributed by atoms with E-state index in [0.29, 0.717) is 11.2 Å². The summed E-state index contributed by atoms with van der Waals surface area (Å²) in [5, 5.41) is 6.13. The molecule has 3 N–H and O–H groups in total. The zero-order chi connectivity index (χ0) is 22.0. The van der Waals surface area contributed by atoms with Gasteiger partial charge in [0.05, 0.1) is 5.52 Å². The molecule has 0 aliphatic rings. The summed E-state index contributed by atoms with van der Waals surface area (Å²) in [5.74, 6) is -2.06. The van der Waals surface area contributed by atoms with Gasteiger partial charge in [0.15, 0.2) is 0 Å². The van der Waals surface area contributed by atoms with Crippen LogP contribution in [0.4, 0.5) is 5.69 Å². The summed E-state index contributed by atoms with van der Waals surface area (Å²) in [6.45, 7) is 5.39. The molecule has 2 aromatic carbocycles. The lowest BCUT2D eigenvalue weighted by molar-refractivity contribution is -0.137. The Hall–Kier alpha value is -2.65. The monoisotopic (exact) mass is 534 g/mol. The molecular formula is C21H20Br2N4O3. The number of carbonyl (C=O) groups excluding carboxylic acids is 3. The Kier molecular flexibility index (Phi) is 6.62. The molecule has 3 amide bonds. The Bertz CT molecular complexity index is 1150. The SMILES string of the molecule is Cc1cc(Br)ccc1NC(=O)c1cc2cc(Br)ccc2n1NC(=O)C(=O)NC(C)C. The lowest BCUT2D eigenvalue weighted by atomic mass is 10.2. The Labute approximate surface area is 190 Å². The van der Waals surface area contributed by atoms with Gasteiger partial charge in [0.2, 0.25) is 0 Å². The number of hydrogen-bond donors (Lipinski definition) is 3. The second-order valence-corrected chi connectivity index (χ2v) is 8.88. The molecule has 30 heavy (non-hydrogen) atoms. The van der Waals surface area contributed by atoms with Crippen molar-refractivity contribution in [1.29, 1.82) is 0 Å². The Morgan fingerprint density at radius 2 is 1.60 bits per heavy atom. The zero-order valence-electron chi connectivity index (χ0n) is 16.5. The number of rotatable bonds is 4. The largest absolute Gasteiger partial charge is 0.346 e. The van der Waals surface area contributed by atoms with Gasteiger partial charge in [-0.1, -0.05) is 31.9 Å². The van der Waals surface area contributed by atoms with Gasteiger partial charge in [-0.05, 0) is 68.8 Å². The van der Waals surface area contributed by atoms with Crippen LogP contribution >= 0.6 is 31.9 Å². The van der Waals surface area contributed by atoms with Crippen molar-refractivity contribution in [2.75, 3.05) is 10.7 Å². The first-order valence-electron chi connectivity index (χ1n) is 9.16. The molecule has 156 valence electrons. The first-order valence-corrected chi connectivity index (χ1v) is 10.7. The first kappa shape index (κ1) is 22.0. The Morgan fingerprint density at radius 1 is 0.933 bits per heavy atom. The maximum atomic E-state index is 13.0. The molecule has 3 rings (SSSR count). The quantitative estimate of drug-likeness (QED) is 0.434. The molecule has 0 spiro atoms. The van der Waals surface area contributed by atoms with Gasteiger partial charge < -0.3 is 10.6 Å². The highest BCUT2D eigenvalue weighted by molar-refractivity contribution is 9.10. The highest BCUT2D eigenvalue weighted by Crippen LogP contribution is 2.25. The summed E-state index contributed by atoms with van der Waals surface area (Å²) in [4.78, 5) is 37.5. The van der Waals surface area contributed by atoms with Crippen LogP contribution in [-0.4, -0.2) is 28.4 Å². The molecule has 0 saturated carbocycles. The maximum absolute atomic E-state index is 13.0. The summed E-state index contributed by atoms with van der Waals surface area (Å²) >= 11 is 6.81. The summed E-state index contributed by atoms with van der Waals surface area (Å²) in [6.07, 6.45) is 0. The molecule has 3 aromatic rings. The van der Waals surface area contributed by atoms with E-state index >= 15 is 0 Å². The molecule has 1 aromatic heterocycles. The van der Waals surface area contributed by atoms with Crippen molar-refractivity contribution in [2.45, 2.75) is 26.8 Å². The Morgan fingerprint density at radius 3 is 2.27 bits per heavy atom. The fourth-order valence-corrected chi connectivity index (χ4v) is 3.76. The fourth-order valence-electron chi connectivity index (χ4n) is 2.91. The Balaban J connectivity index is 1.98. The average Bonchev–Trinajstić information content (AvgIpc) is 3.01. The highest BCUT2D eigenvalue weighted by Gasteiger charge is 2.21. The lowest BCUT2D eigenvalue weighted by Crippen LogP contribution is -2.42. The van der Waals surface area contributed by atoms with E-state index < -0.39 is 17.7 Å². The van der Waals surface area contributed by atoms with Crippen LogP contribution in [0.1, 0.15) is 29.9 Å². The summed E-state index contributed by atoms with van der Waals surface area (Å²) in [5.41, 5.74) is 4.83. The van der Waals surface area contributed by atoms with Crippen LogP contribution in [0.25, 0.3) is 10.9 Å². The second kappa shape index (κ2) is 9.01. The second-order valence-electron chi connectivity index (χ2n) is 7.05. The smallest absolute Gasteiger partial charge is 0.328 e. The predicted molar refractivity (Wildman–Crippen MR) is 124 cm³/mol. The number of nitrogens with zero attached hydrogens (tertiary/aromatic N) is 1. The van der Waals surface area contributed by atoms with Crippen molar-refractivity contribution in [2.24, 2.45) is 0 Å². The fraction of sp³-hybridized carbons (Fsp3) is 0.190. The molecule has 1 heterocycles. The normalized spacial score (nSPS) is 10.9. The number of hydrogen-bond acceptors (Lipinski definition) is 3. The van der Waals surface area contributed by atoms with E-state index in [1.54, 1.807) is 38.1 Å². The van der Waals surface area contributed by atoms with Crippen molar-refractivity contribution in [1.82, 2.24) is 9.99 Å². The lowest BCUT2D eigenvalue weighted by Gasteiger charge is -2.14. The van der Waals surface area contributed by atoms with Crippen molar-refractivity contribution < 1.29 is 14.4 Å². The zero-order valence-corrected chi connectivity index (χ0v) is 19.7. The van der Waals surface area contributed by atoms with Gasteiger partial charge in [0.1, 0.15) is 5.69 Å². The van der Waals surface area contributed by atoms with Crippen molar-refractivity contribution >= 4 is 66.2 Å². The van der Waals surface area contributed by atoms with Crippen molar-refractivity contribution in [3.63, 3.8) is 0 Å². The van der Waals surface area contributed by atoms with E-state index in [1.807, 2.05) is 25.1 Å². The van der Waals surface area contributed by atoms with Crippen LogP contribution in [0.5, 0.6) is 0 Å². The molecule has 0 unspecified atom stereocenters. The van der Waals surface area contributed by atoms with E-state index in [9.17, 15) is 14.4 Å². The molecule has 0 aliphatic carbocycles. The number of fused-ring (bicyclic) bond motifs is 1. The highest BCUT2D eigenvalue weighted by atomic mass is 79.9. The van der Waals surface area contributed by atoms with Gasteiger partial charge >= 0.3 is 11.8 Å². The maximum Gasteiger partial charge on any atom is 0.328 e. The van der Waals surface area contributed by atoms with Gasteiger partial charge in [0.25, 0.3) is 5.91 Å². The van der Waals surface area contributed by atoms with E-state index in [4.69, 9.17) is 0 Å². The van der Waals surface area contributed by atoms with Gasteiger partial charge in [-0.2, -0.15) is 0 Å². The van der Waals surface area contributed by atoms with E-state index in [0.717, 1.165) is 19.9 Å². The van der Waals surface area contributed by atoms with Gasteiger partial charge in [0, 0.05) is 26.1 Å². The molecule has 0 aliphatic heterocycles. The summed E-state index contributed by atoms with van der Waals surface area (Å²) in [7, 11) is 0. The molecule has 0 radical (unpaired) electrons. The number of halogens is 2. The number of benzene rings is 2. The van der Waals surface area contributed by atoms with Crippen LogP contribution in [-0.2, 0) is 9.59 Å². The van der Waals surface area contributed by atoms with Crippen LogP contribution in [0.3, 0.4) is 0 Å². The molecule has 0 fully saturated rings. The number of carbonyl (C=O) groups is 3. The molecule has 0 atom stereocenters. The van der Waals surface area contributed by atoms with E-state index in [-0.39, 0.29) is 11.7 Å². The van der Waals surface area contributed by atoms with E-state index in [1.165, 1.54) is 4.68 Å². The summed E-state index contributed by atoms with van der Waals surface area (Å²) in [6, 6.07) is 12.3. The standard InChI is InChI=1S/C21H20Br2N4O3/c1-11(2)24-20(29)21(30)26-27-17-7-5-15(23)9-13(17)10-18(27)19(28)25-16-6-4-14(22)8-12(16)3/h4-11H,1-3H3,(H,24,29)(H,25,28)(H,26,30). The molecular weight excluding hydrogens is 516 g/mol. The van der Waals surface area contributed by atoms with Crippen molar-refractivity contribution in [3.05, 3.63) is 62.7 Å². The number of aromatic nitrogens is 1. The first-order chi connectivity index (χ1) is 14.2. The predicted octanol–water partition coefficient (Wildman–Crippen LogP) is 4.32. The van der Waals surface area contributed by atoms with E-state index in [2.05, 4.69) is 47.9 Å². The topological polar surface area (TPSA) is 92.2 Å². The number of nitrogens with one attached hydrogen (secondary N) is 3. The third-order valence-electron chi connectivity index (χ3n) is 4.27. The molecule has 0 bridgehead atoms.